The summed E-state index contributed by atoms with van der Waals surface area (Å²) in [4.78, 5) is 31.5. The maximum Gasteiger partial charge on any atom is 0.223 e. The molecular formula is C20H26N4O2. The maximum atomic E-state index is 12.2. The van der Waals surface area contributed by atoms with E-state index in [1.807, 2.05) is 37.3 Å². The summed E-state index contributed by atoms with van der Waals surface area (Å²) < 4.78 is 0. The first-order valence-corrected chi connectivity index (χ1v) is 9.34. The van der Waals surface area contributed by atoms with Crippen LogP contribution in [0.1, 0.15) is 50.9 Å². The van der Waals surface area contributed by atoms with Crippen LogP contribution in [0.4, 0.5) is 0 Å². The van der Waals surface area contributed by atoms with Crippen molar-refractivity contribution in [3.8, 4) is 11.3 Å². The summed E-state index contributed by atoms with van der Waals surface area (Å²) in [6, 6.07) is 9.84. The van der Waals surface area contributed by atoms with Crippen molar-refractivity contribution in [3.63, 3.8) is 0 Å². The van der Waals surface area contributed by atoms with Gasteiger partial charge in [-0.2, -0.15) is 0 Å². The molecule has 1 aromatic heterocycles. The zero-order chi connectivity index (χ0) is 18.4. The zero-order valence-electron chi connectivity index (χ0n) is 15.1. The van der Waals surface area contributed by atoms with E-state index in [-0.39, 0.29) is 23.8 Å². The molecule has 138 valence electrons. The van der Waals surface area contributed by atoms with Crippen LogP contribution in [0.15, 0.2) is 36.5 Å². The minimum absolute atomic E-state index is 0.0183. The molecule has 2 amide bonds. The molecule has 0 saturated heterocycles. The summed E-state index contributed by atoms with van der Waals surface area (Å²) in [7, 11) is 0. The van der Waals surface area contributed by atoms with Crippen molar-refractivity contribution in [1.82, 2.24) is 20.6 Å². The fourth-order valence-corrected chi connectivity index (χ4v) is 2.86. The van der Waals surface area contributed by atoms with Crippen LogP contribution in [0, 0.1) is 5.92 Å². The number of imidazole rings is 1. The molecule has 1 fully saturated rings. The molecule has 0 bridgehead atoms. The van der Waals surface area contributed by atoms with E-state index in [9.17, 15) is 9.59 Å². The largest absolute Gasteiger partial charge is 0.356 e. The van der Waals surface area contributed by atoms with E-state index in [4.69, 9.17) is 0 Å². The van der Waals surface area contributed by atoms with Crippen molar-refractivity contribution in [1.29, 1.82) is 0 Å². The van der Waals surface area contributed by atoms with Crippen LogP contribution >= 0.6 is 0 Å². The highest BCUT2D eigenvalue weighted by molar-refractivity contribution is 5.81. The number of H-pyrrole nitrogens is 1. The molecule has 1 unspecified atom stereocenters. The summed E-state index contributed by atoms with van der Waals surface area (Å²) in [6.07, 6.45) is 5.60. The number of nitrogens with zero attached hydrogens (tertiary/aromatic N) is 1. The lowest BCUT2D eigenvalue weighted by molar-refractivity contribution is -0.124. The first-order chi connectivity index (χ1) is 12.7. The van der Waals surface area contributed by atoms with Gasteiger partial charge in [0, 0.05) is 18.9 Å². The van der Waals surface area contributed by atoms with Crippen molar-refractivity contribution >= 4 is 11.8 Å². The van der Waals surface area contributed by atoms with Gasteiger partial charge in [0.25, 0.3) is 0 Å². The van der Waals surface area contributed by atoms with Gasteiger partial charge in [0.1, 0.15) is 5.82 Å². The second kappa shape index (κ2) is 8.65. The fraction of sp³-hybridized carbons (Fsp3) is 0.450. The van der Waals surface area contributed by atoms with Crippen LogP contribution in [0.2, 0.25) is 0 Å². The average molecular weight is 354 g/mol. The number of nitrogens with one attached hydrogen (secondary N) is 3. The Morgan fingerprint density at radius 1 is 1.27 bits per heavy atom. The lowest BCUT2D eigenvalue weighted by Crippen LogP contribution is -2.30. The molecule has 6 nitrogen and oxygen atoms in total. The molecule has 1 heterocycles. The third kappa shape index (κ3) is 4.94. The Morgan fingerprint density at radius 3 is 2.73 bits per heavy atom. The predicted octanol–water partition coefficient (Wildman–Crippen LogP) is 2.95. The van der Waals surface area contributed by atoms with E-state index in [2.05, 4.69) is 20.6 Å². The number of carbonyl (C=O) groups is 2. The van der Waals surface area contributed by atoms with Crippen molar-refractivity contribution < 1.29 is 9.59 Å². The standard InChI is InChI=1S/C20H26N4O2/c1-2-16(19-22-13-17(24-19)14-7-4-3-5-8-14)23-18(25)9-6-12-21-20(26)15-10-11-15/h3-5,7-8,13,15-16H,2,6,9-12H2,1H3,(H,21,26)(H,22,24)(H,23,25). The second-order valence-corrected chi connectivity index (χ2v) is 6.75. The lowest BCUT2D eigenvalue weighted by Gasteiger charge is -2.15. The minimum atomic E-state index is -0.138. The van der Waals surface area contributed by atoms with E-state index in [0.29, 0.717) is 19.4 Å². The Hall–Kier alpha value is -2.63. The van der Waals surface area contributed by atoms with Crippen LogP contribution in [0.25, 0.3) is 11.3 Å². The molecule has 0 radical (unpaired) electrons. The first kappa shape index (κ1) is 18.2. The minimum Gasteiger partial charge on any atom is -0.356 e. The molecular weight excluding hydrogens is 328 g/mol. The predicted molar refractivity (Wildman–Crippen MR) is 100 cm³/mol. The van der Waals surface area contributed by atoms with Gasteiger partial charge in [0.05, 0.1) is 17.9 Å². The quantitative estimate of drug-likeness (QED) is 0.605. The number of hydrogen-bond acceptors (Lipinski definition) is 3. The van der Waals surface area contributed by atoms with E-state index in [1.165, 1.54) is 0 Å². The Kier molecular flexibility index (Phi) is 6.04. The normalized spacial score (nSPS) is 14.7. The number of hydrogen-bond donors (Lipinski definition) is 3. The SMILES string of the molecule is CCC(NC(=O)CCCNC(=O)C1CC1)c1ncc(-c2ccccc2)[nH]1. The van der Waals surface area contributed by atoms with Gasteiger partial charge in [0.2, 0.25) is 11.8 Å². The average Bonchev–Trinajstić information content (AvgIpc) is 3.41. The summed E-state index contributed by atoms with van der Waals surface area (Å²) >= 11 is 0. The van der Waals surface area contributed by atoms with Gasteiger partial charge < -0.3 is 15.6 Å². The van der Waals surface area contributed by atoms with Crippen molar-refractivity contribution in [2.45, 2.75) is 45.1 Å². The molecule has 0 aliphatic heterocycles. The highest BCUT2D eigenvalue weighted by Gasteiger charge is 2.29. The summed E-state index contributed by atoms with van der Waals surface area (Å²) in [5.74, 6) is 1.09. The molecule has 2 aromatic rings. The number of rotatable bonds is 9. The molecule has 0 spiro atoms. The molecule has 3 N–H and O–H groups in total. The topological polar surface area (TPSA) is 86.9 Å². The number of aromatic amines is 1. The molecule has 6 heteroatoms. The highest BCUT2D eigenvalue weighted by atomic mass is 16.2. The Morgan fingerprint density at radius 2 is 2.04 bits per heavy atom. The Labute approximate surface area is 153 Å². The van der Waals surface area contributed by atoms with Gasteiger partial charge >= 0.3 is 0 Å². The smallest absolute Gasteiger partial charge is 0.223 e. The molecule has 1 aliphatic carbocycles. The third-order valence-electron chi connectivity index (χ3n) is 4.58. The summed E-state index contributed by atoms with van der Waals surface area (Å²) in [5.41, 5.74) is 2.01. The Balaban J connectivity index is 1.47. The van der Waals surface area contributed by atoms with Gasteiger partial charge in [-0.05, 0) is 31.2 Å². The van der Waals surface area contributed by atoms with Crippen LogP contribution < -0.4 is 10.6 Å². The summed E-state index contributed by atoms with van der Waals surface area (Å²) in [5, 5.41) is 5.91. The lowest BCUT2D eigenvalue weighted by atomic mass is 10.2. The number of benzene rings is 1. The van der Waals surface area contributed by atoms with Gasteiger partial charge in [-0.1, -0.05) is 37.3 Å². The second-order valence-electron chi connectivity index (χ2n) is 6.75. The number of carbonyl (C=O) groups excluding carboxylic acids is 2. The van der Waals surface area contributed by atoms with Crippen LogP contribution in [0.5, 0.6) is 0 Å². The highest BCUT2D eigenvalue weighted by Crippen LogP contribution is 2.28. The van der Waals surface area contributed by atoms with Crippen LogP contribution in [-0.4, -0.2) is 28.3 Å². The van der Waals surface area contributed by atoms with E-state index in [1.54, 1.807) is 6.20 Å². The Bertz CT molecular complexity index is 737. The maximum absolute atomic E-state index is 12.2. The summed E-state index contributed by atoms with van der Waals surface area (Å²) in [6.45, 7) is 2.57. The van der Waals surface area contributed by atoms with E-state index < -0.39 is 0 Å². The van der Waals surface area contributed by atoms with E-state index in [0.717, 1.165) is 36.3 Å². The van der Waals surface area contributed by atoms with Gasteiger partial charge in [0.15, 0.2) is 0 Å². The molecule has 1 saturated carbocycles. The van der Waals surface area contributed by atoms with Crippen molar-refractivity contribution in [3.05, 3.63) is 42.4 Å². The number of aromatic nitrogens is 2. The molecule has 1 atom stereocenters. The number of amides is 2. The third-order valence-corrected chi connectivity index (χ3v) is 4.58. The van der Waals surface area contributed by atoms with Crippen LogP contribution in [-0.2, 0) is 9.59 Å². The first-order valence-electron chi connectivity index (χ1n) is 9.34. The molecule has 3 rings (SSSR count). The van der Waals surface area contributed by atoms with E-state index >= 15 is 0 Å². The van der Waals surface area contributed by atoms with Crippen molar-refractivity contribution in [2.75, 3.05) is 6.54 Å². The molecule has 1 aromatic carbocycles. The molecule has 1 aliphatic rings. The van der Waals surface area contributed by atoms with Gasteiger partial charge in [-0.3, -0.25) is 9.59 Å². The zero-order valence-corrected chi connectivity index (χ0v) is 15.1. The van der Waals surface area contributed by atoms with Gasteiger partial charge in [-0.25, -0.2) is 4.98 Å². The van der Waals surface area contributed by atoms with Crippen molar-refractivity contribution in [2.24, 2.45) is 5.92 Å². The monoisotopic (exact) mass is 354 g/mol. The van der Waals surface area contributed by atoms with Crippen LogP contribution in [0.3, 0.4) is 0 Å². The fourth-order valence-electron chi connectivity index (χ4n) is 2.86. The van der Waals surface area contributed by atoms with Gasteiger partial charge in [-0.15, -0.1) is 0 Å². The molecule has 26 heavy (non-hydrogen) atoms.